The van der Waals surface area contributed by atoms with Crippen LogP contribution in [0.25, 0.3) is 0 Å². The second-order valence-corrected chi connectivity index (χ2v) is 3.98. The van der Waals surface area contributed by atoms with E-state index in [2.05, 4.69) is 53.4 Å². The van der Waals surface area contributed by atoms with Gasteiger partial charge in [-0.1, -0.05) is 31.2 Å². The molecule has 1 N–H and O–H groups in total. The first-order chi connectivity index (χ1) is 8.33. The zero-order chi connectivity index (χ0) is 12.1. The molecule has 1 heterocycles. The van der Waals surface area contributed by atoms with Crippen LogP contribution >= 0.6 is 0 Å². The molecule has 1 unspecified atom stereocenters. The van der Waals surface area contributed by atoms with E-state index in [1.54, 1.807) is 12.4 Å². The zero-order valence-corrected chi connectivity index (χ0v) is 10.2. The molecular weight excluding hydrogens is 210 g/mol. The molecule has 0 spiro atoms. The van der Waals surface area contributed by atoms with Crippen molar-refractivity contribution in [3.05, 3.63) is 59.7 Å². The first kappa shape index (κ1) is 11.7. The predicted molar refractivity (Wildman–Crippen MR) is 68.7 cm³/mol. The van der Waals surface area contributed by atoms with Gasteiger partial charge in [0, 0.05) is 12.4 Å². The van der Waals surface area contributed by atoms with Crippen LogP contribution in [-0.2, 0) is 0 Å². The Kier molecular flexibility index (Phi) is 3.83. The standard InChI is InChI=1S/C14H17N3/c1-3-16-14(13-10-15-8-9-17-13)12-7-5-4-6-11(12)2/h4-10,14,16H,3H2,1-2H3. The largest absolute Gasteiger partial charge is 0.305 e. The summed E-state index contributed by atoms with van der Waals surface area (Å²) in [5.74, 6) is 0. The number of nitrogens with zero attached hydrogens (tertiary/aromatic N) is 2. The smallest absolute Gasteiger partial charge is 0.0801 e. The second kappa shape index (κ2) is 5.55. The Morgan fingerprint density at radius 3 is 2.71 bits per heavy atom. The summed E-state index contributed by atoms with van der Waals surface area (Å²) in [6, 6.07) is 8.49. The van der Waals surface area contributed by atoms with Crippen molar-refractivity contribution < 1.29 is 0 Å². The van der Waals surface area contributed by atoms with Crippen molar-refractivity contribution in [2.24, 2.45) is 0 Å². The molecule has 0 saturated heterocycles. The average Bonchev–Trinajstić information content (AvgIpc) is 2.38. The van der Waals surface area contributed by atoms with Gasteiger partial charge in [-0.3, -0.25) is 9.97 Å². The van der Waals surface area contributed by atoms with Crippen molar-refractivity contribution >= 4 is 0 Å². The number of hydrogen-bond donors (Lipinski definition) is 1. The second-order valence-electron chi connectivity index (χ2n) is 3.98. The van der Waals surface area contributed by atoms with Gasteiger partial charge in [0.05, 0.1) is 17.9 Å². The zero-order valence-electron chi connectivity index (χ0n) is 10.2. The highest BCUT2D eigenvalue weighted by atomic mass is 14.9. The van der Waals surface area contributed by atoms with E-state index in [0.717, 1.165) is 12.2 Å². The van der Waals surface area contributed by atoms with Crippen LogP contribution < -0.4 is 5.32 Å². The van der Waals surface area contributed by atoms with Crippen molar-refractivity contribution in [3.8, 4) is 0 Å². The fraction of sp³-hybridized carbons (Fsp3) is 0.286. The van der Waals surface area contributed by atoms with Gasteiger partial charge < -0.3 is 5.32 Å². The predicted octanol–water partition coefficient (Wildman–Crippen LogP) is 2.48. The van der Waals surface area contributed by atoms with Gasteiger partial charge in [-0.25, -0.2) is 0 Å². The van der Waals surface area contributed by atoms with Crippen molar-refractivity contribution in [1.29, 1.82) is 0 Å². The highest BCUT2D eigenvalue weighted by Crippen LogP contribution is 2.22. The van der Waals surface area contributed by atoms with Crippen LogP contribution in [-0.4, -0.2) is 16.5 Å². The van der Waals surface area contributed by atoms with Crippen LogP contribution in [0, 0.1) is 6.92 Å². The molecule has 0 fully saturated rings. The summed E-state index contributed by atoms with van der Waals surface area (Å²) < 4.78 is 0. The summed E-state index contributed by atoms with van der Waals surface area (Å²) in [7, 11) is 0. The molecule has 1 atom stereocenters. The van der Waals surface area contributed by atoms with Crippen molar-refractivity contribution in [2.45, 2.75) is 19.9 Å². The molecule has 2 rings (SSSR count). The maximum atomic E-state index is 4.39. The molecule has 17 heavy (non-hydrogen) atoms. The molecule has 1 aromatic carbocycles. The molecule has 0 aliphatic rings. The minimum Gasteiger partial charge on any atom is -0.305 e. The molecule has 88 valence electrons. The molecule has 3 heteroatoms. The maximum Gasteiger partial charge on any atom is 0.0801 e. The lowest BCUT2D eigenvalue weighted by Gasteiger charge is -2.19. The molecule has 0 radical (unpaired) electrons. The normalized spacial score (nSPS) is 12.4. The molecule has 1 aromatic heterocycles. The Bertz CT molecular complexity index is 468. The summed E-state index contributed by atoms with van der Waals surface area (Å²) in [5.41, 5.74) is 3.49. The Hall–Kier alpha value is -1.74. The van der Waals surface area contributed by atoms with Gasteiger partial charge in [0.15, 0.2) is 0 Å². The van der Waals surface area contributed by atoms with Crippen LogP contribution in [0.5, 0.6) is 0 Å². The van der Waals surface area contributed by atoms with Crippen LogP contribution in [0.2, 0.25) is 0 Å². The quantitative estimate of drug-likeness (QED) is 0.872. The number of benzene rings is 1. The average molecular weight is 227 g/mol. The number of aromatic nitrogens is 2. The molecule has 0 amide bonds. The monoisotopic (exact) mass is 227 g/mol. The fourth-order valence-corrected chi connectivity index (χ4v) is 1.95. The van der Waals surface area contributed by atoms with E-state index >= 15 is 0 Å². The number of rotatable bonds is 4. The third kappa shape index (κ3) is 2.68. The Morgan fingerprint density at radius 1 is 1.24 bits per heavy atom. The molecule has 0 saturated carbocycles. The molecule has 3 nitrogen and oxygen atoms in total. The van der Waals surface area contributed by atoms with Gasteiger partial charge in [0.25, 0.3) is 0 Å². The van der Waals surface area contributed by atoms with E-state index in [9.17, 15) is 0 Å². The highest BCUT2D eigenvalue weighted by Gasteiger charge is 2.15. The van der Waals surface area contributed by atoms with Gasteiger partial charge in [-0.05, 0) is 24.6 Å². The molecule has 0 aliphatic carbocycles. The minimum atomic E-state index is 0.120. The van der Waals surface area contributed by atoms with E-state index in [1.807, 2.05) is 6.20 Å². The van der Waals surface area contributed by atoms with Crippen LogP contribution in [0.4, 0.5) is 0 Å². The molecular formula is C14H17N3. The lowest BCUT2D eigenvalue weighted by atomic mass is 9.99. The van der Waals surface area contributed by atoms with Gasteiger partial charge in [0.2, 0.25) is 0 Å². The third-order valence-corrected chi connectivity index (χ3v) is 2.79. The summed E-state index contributed by atoms with van der Waals surface area (Å²) in [4.78, 5) is 8.53. The van der Waals surface area contributed by atoms with E-state index in [1.165, 1.54) is 11.1 Å². The van der Waals surface area contributed by atoms with Crippen LogP contribution in [0.15, 0.2) is 42.9 Å². The third-order valence-electron chi connectivity index (χ3n) is 2.79. The molecule has 0 aliphatic heterocycles. The first-order valence-corrected chi connectivity index (χ1v) is 5.87. The van der Waals surface area contributed by atoms with Crippen LogP contribution in [0.1, 0.15) is 29.8 Å². The Morgan fingerprint density at radius 2 is 2.06 bits per heavy atom. The first-order valence-electron chi connectivity index (χ1n) is 5.87. The van der Waals surface area contributed by atoms with Gasteiger partial charge in [-0.2, -0.15) is 0 Å². The van der Waals surface area contributed by atoms with E-state index in [0.29, 0.717) is 0 Å². The number of aryl methyl sites for hydroxylation is 1. The topological polar surface area (TPSA) is 37.8 Å². The van der Waals surface area contributed by atoms with E-state index < -0.39 is 0 Å². The Labute approximate surface area is 102 Å². The van der Waals surface area contributed by atoms with Crippen molar-refractivity contribution in [3.63, 3.8) is 0 Å². The Balaban J connectivity index is 2.39. The minimum absolute atomic E-state index is 0.120. The van der Waals surface area contributed by atoms with Gasteiger partial charge >= 0.3 is 0 Å². The van der Waals surface area contributed by atoms with Crippen molar-refractivity contribution in [1.82, 2.24) is 15.3 Å². The van der Waals surface area contributed by atoms with Crippen LogP contribution in [0.3, 0.4) is 0 Å². The summed E-state index contributed by atoms with van der Waals surface area (Å²) in [5, 5.41) is 3.45. The lowest BCUT2D eigenvalue weighted by Crippen LogP contribution is -2.23. The maximum absolute atomic E-state index is 4.39. The molecule has 0 bridgehead atoms. The summed E-state index contributed by atoms with van der Waals surface area (Å²) >= 11 is 0. The van der Waals surface area contributed by atoms with Gasteiger partial charge in [0.1, 0.15) is 0 Å². The fourth-order valence-electron chi connectivity index (χ4n) is 1.95. The SMILES string of the molecule is CCNC(c1cnccn1)c1ccccc1C. The highest BCUT2D eigenvalue weighted by molar-refractivity contribution is 5.33. The summed E-state index contributed by atoms with van der Waals surface area (Å²) in [6.45, 7) is 5.12. The van der Waals surface area contributed by atoms with E-state index in [-0.39, 0.29) is 6.04 Å². The van der Waals surface area contributed by atoms with E-state index in [4.69, 9.17) is 0 Å². The van der Waals surface area contributed by atoms with Gasteiger partial charge in [-0.15, -0.1) is 0 Å². The van der Waals surface area contributed by atoms with Crippen molar-refractivity contribution in [2.75, 3.05) is 6.54 Å². The number of nitrogens with one attached hydrogen (secondary N) is 1. The summed E-state index contributed by atoms with van der Waals surface area (Å²) in [6.07, 6.45) is 5.25. The molecule has 2 aromatic rings. The lowest BCUT2D eigenvalue weighted by molar-refractivity contribution is 0.610. The number of hydrogen-bond acceptors (Lipinski definition) is 3.